The molecule has 0 N–H and O–H groups in total. The highest BCUT2D eigenvalue weighted by molar-refractivity contribution is 5.41. The van der Waals surface area contributed by atoms with E-state index in [1.54, 1.807) is 24.3 Å². The van der Waals surface area contributed by atoms with Crippen LogP contribution in [-0.4, -0.2) is 14.1 Å². The quantitative estimate of drug-likeness (QED) is 0.659. The lowest BCUT2D eigenvalue weighted by Crippen LogP contribution is -2.40. The summed E-state index contributed by atoms with van der Waals surface area (Å²) in [7, 11) is 3.97. The predicted octanol–water partition coefficient (Wildman–Crippen LogP) is 3.96. The molecule has 0 saturated carbocycles. The molecule has 0 amide bonds. The SMILES string of the molecule is CN(C)c1cc[n+](C(c2ccc(F)cc2)c2ccc(F)cc2)cc1. The van der Waals surface area contributed by atoms with E-state index in [0.29, 0.717) is 0 Å². The second-order valence-corrected chi connectivity index (χ2v) is 5.90. The molecule has 0 spiro atoms. The molecule has 122 valence electrons. The van der Waals surface area contributed by atoms with Crippen molar-refractivity contribution in [2.45, 2.75) is 6.04 Å². The molecular formula is C20H19F2N2+. The third-order valence-electron chi connectivity index (χ3n) is 4.02. The molecule has 0 radical (unpaired) electrons. The number of halogens is 2. The van der Waals surface area contributed by atoms with E-state index in [2.05, 4.69) is 0 Å². The lowest BCUT2D eigenvalue weighted by Gasteiger charge is -2.15. The summed E-state index contributed by atoms with van der Waals surface area (Å²) in [5.74, 6) is -0.547. The fourth-order valence-corrected chi connectivity index (χ4v) is 2.73. The molecule has 3 aromatic rings. The first-order chi connectivity index (χ1) is 11.5. The van der Waals surface area contributed by atoms with Crippen LogP contribution in [0.1, 0.15) is 17.2 Å². The van der Waals surface area contributed by atoms with Crippen LogP contribution >= 0.6 is 0 Å². The van der Waals surface area contributed by atoms with E-state index in [9.17, 15) is 8.78 Å². The molecule has 0 atom stereocenters. The van der Waals surface area contributed by atoms with Gasteiger partial charge in [-0.3, -0.25) is 0 Å². The smallest absolute Gasteiger partial charge is 0.208 e. The van der Waals surface area contributed by atoms with E-state index in [1.807, 2.05) is 48.1 Å². The van der Waals surface area contributed by atoms with Crippen LogP contribution in [0.25, 0.3) is 0 Å². The Labute approximate surface area is 140 Å². The first-order valence-corrected chi connectivity index (χ1v) is 7.73. The molecule has 0 saturated heterocycles. The topological polar surface area (TPSA) is 7.12 Å². The van der Waals surface area contributed by atoms with Gasteiger partial charge in [0.25, 0.3) is 0 Å². The van der Waals surface area contributed by atoms with Gasteiger partial charge >= 0.3 is 0 Å². The predicted molar refractivity (Wildman–Crippen MR) is 91.0 cm³/mol. The number of anilines is 1. The Morgan fingerprint density at radius 1 is 0.708 bits per heavy atom. The minimum absolute atomic E-state index is 0.151. The molecular weight excluding hydrogens is 306 g/mol. The zero-order valence-corrected chi connectivity index (χ0v) is 13.7. The lowest BCUT2D eigenvalue weighted by molar-refractivity contribution is -0.704. The number of hydrogen-bond donors (Lipinski definition) is 0. The first-order valence-electron chi connectivity index (χ1n) is 7.73. The average molecular weight is 325 g/mol. The summed E-state index contributed by atoms with van der Waals surface area (Å²) in [6, 6.07) is 16.7. The number of benzene rings is 2. The lowest BCUT2D eigenvalue weighted by atomic mass is 9.98. The van der Waals surface area contributed by atoms with Crippen molar-refractivity contribution in [3.63, 3.8) is 0 Å². The molecule has 0 fully saturated rings. The van der Waals surface area contributed by atoms with Gasteiger partial charge in [0.15, 0.2) is 12.4 Å². The Hall–Kier alpha value is -2.75. The van der Waals surface area contributed by atoms with Crippen LogP contribution in [0.4, 0.5) is 14.5 Å². The molecule has 0 unspecified atom stereocenters. The van der Waals surface area contributed by atoms with Crippen LogP contribution in [0.5, 0.6) is 0 Å². The molecule has 0 bridgehead atoms. The highest BCUT2D eigenvalue weighted by Crippen LogP contribution is 2.23. The van der Waals surface area contributed by atoms with Crippen molar-refractivity contribution in [2.75, 3.05) is 19.0 Å². The van der Waals surface area contributed by atoms with Gasteiger partial charge in [-0.05, 0) is 48.5 Å². The van der Waals surface area contributed by atoms with E-state index >= 15 is 0 Å². The standard InChI is InChI=1S/C20H19F2N2/c1-23(2)19-11-13-24(14-12-19)20(15-3-7-17(21)8-4-15)16-5-9-18(22)10-6-16/h3-14,20H,1-2H3/q+1. The Kier molecular flexibility index (Phi) is 4.56. The monoisotopic (exact) mass is 325 g/mol. The van der Waals surface area contributed by atoms with Crippen molar-refractivity contribution >= 4 is 5.69 Å². The fraction of sp³-hybridized carbons (Fsp3) is 0.150. The zero-order chi connectivity index (χ0) is 17.1. The minimum atomic E-state index is -0.274. The van der Waals surface area contributed by atoms with Gasteiger partial charge in [-0.1, -0.05) is 0 Å². The summed E-state index contributed by atoms with van der Waals surface area (Å²) in [5, 5.41) is 0. The van der Waals surface area contributed by atoms with Gasteiger partial charge in [0.2, 0.25) is 6.04 Å². The minimum Gasteiger partial charge on any atom is -0.377 e. The summed E-state index contributed by atoms with van der Waals surface area (Å²) in [6.45, 7) is 0. The molecule has 0 aliphatic heterocycles. The van der Waals surface area contributed by atoms with Crippen molar-refractivity contribution in [1.82, 2.24) is 0 Å². The molecule has 24 heavy (non-hydrogen) atoms. The molecule has 1 heterocycles. The van der Waals surface area contributed by atoms with Gasteiger partial charge in [0.1, 0.15) is 11.6 Å². The van der Waals surface area contributed by atoms with Crippen molar-refractivity contribution in [1.29, 1.82) is 0 Å². The largest absolute Gasteiger partial charge is 0.377 e. The van der Waals surface area contributed by atoms with Crippen molar-refractivity contribution in [2.24, 2.45) is 0 Å². The molecule has 2 nitrogen and oxygen atoms in total. The second kappa shape index (κ2) is 6.79. The number of pyridine rings is 1. The summed E-state index contributed by atoms with van der Waals surface area (Å²) in [4.78, 5) is 2.02. The van der Waals surface area contributed by atoms with Crippen LogP contribution < -0.4 is 9.47 Å². The molecule has 2 aromatic carbocycles. The third-order valence-corrected chi connectivity index (χ3v) is 4.02. The number of aromatic nitrogens is 1. The first kappa shape index (κ1) is 16.1. The van der Waals surface area contributed by atoms with Gasteiger partial charge in [-0.2, -0.15) is 4.57 Å². The van der Waals surface area contributed by atoms with E-state index in [0.717, 1.165) is 16.8 Å². The Bertz CT molecular complexity index is 749. The van der Waals surface area contributed by atoms with Crippen LogP contribution in [0.2, 0.25) is 0 Å². The molecule has 1 aromatic heterocycles. The van der Waals surface area contributed by atoms with Gasteiger partial charge < -0.3 is 4.90 Å². The van der Waals surface area contributed by atoms with E-state index in [4.69, 9.17) is 0 Å². The average Bonchev–Trinajstić information content (AvgIpc) is 2.59. The molecule has 0 aliphatic carbocycles. The van der Waals surface area contributed by atoms with Crippen molar-refractivity contribution in [3.8, 4) is 0 Å². The van der Waals surface area contributed by atoms with Crippen molar-refractivity contribution < 1.29 is 13.3 Å². The summed E-state index contributed by atoms with van der Waals surface area (Å²) >= 11 is 0. The Morgan fingerprint density at radius 3 is 1.50 bits per heavy atom. The molecule has 3 rings (SSSR count). The normalized spacial score (nSPS) is 10.9. The third kappa shape index (κ3) is 3.43. The summed E-state index contributed by atoms with van der Waals surface area (Å²) in [5.41, 5.74) is 2.96. The van der Waals surface area contributed by atoms with Crippen LogP contribution in [0.3, 0.4) is 0 Å². The van der Waals surface area contributed by atoms with Gasteiger partial charge in [-0.15, -0.1) is 0 Å². The van der Waals surface area contributed by atoms with Crippen LogP contribution in [0, 0.1) is 11.6 Å². The summed E-state index contributed by atoms with van der Waals surface area (Å²) in [6.07, 6.45) is 3.96. The Morgan fingerprint density at radius 2 is 1.12 bits per heavy atom. The zero-order valence-electron chi connectivity index (χ0n) is 13.7. The second-order valence-electron chi connectivity index (χ2n) is 5.90. The maximum absolute atomic E-state index is 13.3. The maximum Gasteiger partial charge on any atom is 0.208 e. The van der Waals surface area contributed by atoms with E-state index in [-0.39, 0.29) is 17.7 Å². The molecule has 4 heteroatoms. The summed E-state index contributed by atoms with van der Waals surface area (Å²) < 4.78 is 28.6. The fourth-order valence-electron chi connectivity index (χ4n) is 2.73. The van der Waals surface area contributed by atoms with Gasteiger partial charge in [0.05, 0.1) is 0 Å². The number of rotatable bonds is 4. The van der Waals surface area contributed by atoms with E-state index < -0.39 is 0 Å². The van der Waals surface area contributed by atoms with E-state index in [1.165, 1.54) is 24.3 Å². The molecule has 0 aliphatic rings. The number of hydrogen-bond acceptors (Lipinski definition) is 1. The van der Waals surface area contributed by atoms with Gasteiger partial charge in [-0.25, -0.2) is 8.78 Å². The maximum atomic E-state index is 13.3. The van der Waals surface area contributed by atoms with Crippen LogP contribution in [-0.2, 0) is 0 Å². The highest BCUT2D eigenvalue weighted by atomic mass is 19.1. The van der Waals surface area contributed by atoms with Crippen LogP contribution in [0.15, 0.2) is 73.1 Å². The van der Waals surface area contributed by atoms with Crippen molar-refractivity contribution in [3.05, 3.63) is 95.8 Å². The number of nitrogens with zero attached hydrogens (tertiary/aromatic N) is 2. The van der Waals surface area contributed by atoms with Gasteiger partial charge in [0, 0.05) is 43.0 Å². The highest BCUT2D eigenvalue weighted by Gasteiger charge is 2.23. The Balaban J connectivity index is 2.07.